The van der Waals surface area contributed by atoms with Crippen molar-refractivity contribution < 1.29 is 9.47 Å². The van der Waals surface area contributed by atoms with Gasteiger partial charge in [-0.1, -0.05) is 6.07 Å². The zero-order chi connectivity index (χ0) is 25.8. The first-order valence-electron chi connectivity index (χ1n) is 13.0. The molecule has 4 heterocycles. The Morgan fingerprint density at radius 3 is 2.65 bits per heavy atom. The monoisotopic (exact) mass is 498 g/mol. The van der Waals surface area contributed by atoms with Crippen molar-refractivity contribution in [3.05, 3.63) is 71.4 Å². The summed E-state index contributed by atoms with van der Waals surface area (Å²) < 4.78 is 11.5. The Balaban J connectivity index is 1.24. The molecule has 8 heteroatoms. The maximum absolute atomic E-state index is 9.72. The lowest BCUT2D eigenvalue weighted by molar-refractivity contribution is 0.0254. The molecular weight excluding hydrogens is 464 g/mol. The van der Waals surface area contributed by atoms with E-state index in [2.05, 4.69) is 54.0 Å². The van der Waals surface area contributed by atoms with Crippen molar-refractivity contribution in [1.82, 2.24) is 24.8 Å². The normalized spacial score (nSPS) is 17.8. The fourth-order valence-electron chi connectivity index (χ4n) is 4.79. The van der Waals surface area contributed by atoms with Crippen LogP contribution in [0, 0.1) is 11.3 Å². The minimum Gasteiger partial charge on any atom is -0.489 e. The van der Waals surface area contributed by atoms with Crippen molar-refractivity contribution in [2.24, 2.45) is 0 Å². The van der Waals surface area contributed by atoms with E-state index in [4.69, 9.17) is 19.4 Å². The number of likely N-dealkylation sites (tertiary alicyclic amines) is 1. The molecule has 8 nitrogen and oxygen atoms in total. The molecular formula is C29H34N6O2. The van der Waals surface area contributed by atoms with Crippen LogP contribution in [0.2, 0.25) is 0 Å². The number of pyridine rings is 1. The molecule has 1 atom stereocenters. The van der Waals surface area contributed by atoms with E-state index in [0.29, 0.717) is 43.0 Å². The zero-order valence-electron chi connectivity index (χ0n) is 21.8. The van der Waals surface area contributed by atoms with Crippen LogP contribution < -0.4 is 4.74 Å². The fraction of sp³-hybridized carbons (Fsp3) is 0.448. The Morgan fingerprint density at radius 1 is 1.14 bits per heavy atom. The zero-order valence-corrected chi connectivity index (χ0v) is 21.8. The molecule has 0 amide bonds. The van der Waals surface area contributed by atoms with Gasteiger partial charge in [0.15, 0.2) is 0 Å². The molecule has 2 aliphatic heterocycles. The van der Waals surface area contributed by atoms with E-state index in [1.807, 2.05) is 30.5 Å². The van der Waals surface area contributed by atoms with Crippen LogP contribution in [0.4, 0.5) is 0 Å². The number of rotatable bonds is 8. The number of benzene rings is 1. The van der Waals surface area contributed by atoms with Gasteiger partial charge in [0, 0.05) is 62.4 Å². The number of ether oxygens (including phenoxy) is 2. The van der Waals surface area contributed by atoms with Gasteiger partial charge in [-0.25, -0.2) is 9.97 Å². The topological polar surface area (TPSA) is 87.4 Å². The highest BCUT2D eigenvalue weighted by atomic mass is 16.5. The summed E-state index contributed by atoms with van der Waals surface area (Å²) >= 11 is 0. The third-order valence-corrected chi connectivity index (χ3v) is 7.37. The molecule has 0 saturated carbocycles. The van der Waals surface area contributed by atoms with E-state index in [9.17, 15) is 5.26 Å². The molecule has 0 radical (unpaired) electrons. The standard InChI is InChI=1S/C29H34N6O2/c1-20(35-18-24(19-35)34(2)3)26-6-4-21(17-32-26)14-29-31-11-8-27(33-29)22-5-7-28(23(15-22)16-30)37-25-9-12-36-13-10-25/h4-8,11,15,17,20,24-25H,9-10,12-14,18-19H2,1-3H3. The summed E-state index contributed by atoms with van der Waals surface area (Å²) in [5.74, 6) is 1.33. The third kappa shape index (κ3) is 5.96. The van der Waals surface area contributed by atoms with E-state index in [0.717, 1.165) is 54.3 Å². The second-order valence-electron chi connectivity index (χ2n) is 10.1. The SMILES string of the molecule is CC(c1ccc(Cc2nccc(-c3ccc(OC4CCOCC4)c(C#N)c3)n2)cn1)N1CC(N(C)C)C1. The first-order valence-corrected chi connectivity index (χ1v) is 13.0. The van der Waals surface area contributed by atoms with Crippen LogP contribution in [0.5, 0.6) is 5.75 Å². The van der Waals surface area contributed by atoms with Gasteiger partial charge >= 0.3 is 0 Å². The lowest BCUT2D eigenvalue weighted by Gasteiger charge is -2.45. The van der Waals surface area contributed by atoms with Gasteiger partial charge in [0.05, 0.1) is 30.2 Å². The summed E-state index contributed by atoms with van der Waals surface area (Å²) in [5, 5.41) is 9.72. The van der Waals surface area contributed by atoms with Gasteiger partial charge in [-0.3, -0.25) is 9.88 Å². The Hall–Kier alpha value is -3.38. The van der Waals surface area contributed by atoms with Crippen LogP contribution in [0.15, 0.2) is 48.8 Å². The van der Waals surface area contributed by atoms with Gasteiger partial charge in [0.2, 0.25) is 0 Å². The number of hydrogen-bond acceptors (Lipinski definition) is 8. The lowest BCUT2D eigenvalue weighted by Crippen LogP contribution is -2.57. The molecule has 192 valence electrons. The van der Waals surface area contributed by atoms with Gasteiger partial charge in [-0.15, -0.1) is 0 Å². The van der Waals surface area contributed by atoms with Gasteiger partial charge in [0.25, 0.3) is 0 Å². The molecule has 1 unspecified atom stereocenters. The highest BCUT2D eigenvalue weighted by molar-refractivity contribution is 5.64. The second-order valence-corrected chi connectivity index (χ2v) is 10.1. The highest BCUT2D eigenvalue weighted by Gasteiger charge is 2.32. The molecule has 0 bridgehead atoms. The van der Waals surface area contributed by atoms with Crippen LogP contribution in [0.25, 0.3) is 11.3 Å². The Morgan fingerprint density at radius 2 is 1.95 bits per heavy atom. The summed E-state index contributed by atoms with van der Waals surface area (Å²) in [4.78, 5) is 18.7. The quantitative estimate of drug-likeness (QED) is 0.463. The third-order valence-electron chi connectivity index (χ3n) is 7.37. The first-order chi connectivity index (χ1) is 18.0. The van der Waals surface area contributed by atoms with E-state index < -0.39 is 0 Å². The molecule has 0 aliphatic carbocycles. The molecule has 1 aromatic carbocycles. The van der Waals surface area contributed by atoms with E-state index in [1.165, 1.54) is 0 Å². The van der Waals surface area contributed by atoms with Crippen LogP contribution in [-0.2, 0) is 11.2 Å². The van der Waals surface area contributed by atoms with Crippen molar-refractivity contribution >= 4 is 0 Å². The van der Waals surface area contributed by atoms with Crippen molar-refractivity contribution in [2.75, 3.05) is 40.4 Å². The molecule has 37 heavy (non-hydrogen) atoms. The molecule has 3 aromatic rings. The van der Waals surface area contributed by atoms with E-state index in [-0.39, 0.29) is 6.10 Å². The van der Waals surface area contributed by atoms with Crippen LogP contribution >= 0.6 is 0 Å². The largest absolute Gasteiger partial charge is 0.489 e. The molecule has 2 aromatic heterocycles. The van der Waals surface area contributed by atoms with Crippen molar-refractivity contribution in [2.45, 2.75) is 44.4 Å². The summed E-state index contributed by atoms with van der Waals surface area (Å²) in [7, 11) is 4.27. The smallest absolute Gasteiger partial charge is 0.137 e. The Bertz CT molecular complexity index is 1240. The second kappa shape index (κ2) is 11.3. The highest BCUT2D eigenvalue weighted by Crippen LogP contribution is 2.28. The fourth-order valence-corrected chi connectivity index (χ4v) is 4.79. The van der Waals surface area contributed by atoms with Crippen molar-refractivity contribution in [3.63, 3.8) is 0 Å². The Labute approximate surface area is 218 Å². The summed E-state index contributed by atoms with van der Waals surface area (Å²) in [5.41, 5.74) is 4.32. The molecule has 0 spiro atoms. The number of nitrogens with zero attached hydrogens (tertiary/aromatic N) is 6. The molecule has 2 aliphatic rings. The van der Waals surface area contributed by atoms with Crippen LogP contribution in [0.3, 0.4) is 0 Å². The minimum absolute atomic E-state index is 0.0845. The van der Waals surface area contributed by atoms with Gasteiger partial charge in [0.1, 0.15) is 23.7 Å². The van der Waals surface area contributed by atoms with Gasteiger partial charge in [-0.2, -0.15) is 5.26 Å². The summed E-state index contributed by atoms with van der Waals surface area (Å²) in [6, 6.07) is 15.0. The predicted octanol–water partition coefficient (Wildman–Crippen LogP) is 3.87. The summed E-state index contributed by atoms with van der Waals surface area (Å²) in [6.45, 7) is 5.77. The van der Waals surface area contributed by atoms with E-state index >= 15 is 0 Å². The number of hydrogen-bond donors (Lipinski definition) is 0. The maximum atomic E-state index is 9.72. The molecule has 2 saturated heterocycles. The molecule has 5 rings (SSSR count). The van der Waals surface area contributed by atoms with Crippen molar-refractivity contribution in [3.8, 4) is 23.1 Å². The average Bonchev–Trinajstić information content (AvgIpc) is 2.89. The van der Waals surface area contributed by atoms with Gasteiger partial charge < -0.3 is 14.4 Å². The number of likely N-dealkylation sites (N-methyl/N-ethyl adjacent to an activating group) is 1. The lowest BCUT2D eigenvalue weighted by atomic mass is 10.0. The predicted molar refractivity (Wildman–Crippen MR) is 141 cm³/mol. The minimum atomic E-state index is 0.0845. The Kier molecular flexibility index (Phi) is 7.75. The van der Waals surface area contributed by atoms with Crippen LogP contribution in [-0.4, -0.2) is 77.3 Å². The van der Waals surface area contributed by atoms with E-state index in [1.54, 1.807) is 6.20 Å². The maximum Gasteiger partial charge on any atom is 0.137 e. The first kappa shape index (κ1) is 25.3. The number of aromatic nitrogens is 3. The van der Waals surface area contributed by atoms with Gasteiger partial charge in [-0.05, 0) is 56.9 Å². The summed E-state index contributed by atoms with van der Waals surface area (Å²) in [6.07, 6.45) is 6.06. The molecule has 0 N–H and O–H groups in total. The van der Waals surface area contributed by atoms with Crippen molar-refractivity contribution in [1.29, 1.82) is 5.26 Å². The average molecular weight is 499 g/mol. The number of nitriles is 1. The van der Waals surface area contributed by atoms with Crippen LogP contribution in [0.1, 0.15) is 48.5 Å². The molecule has 2 fully saturated rings.